The lowest BCUT2D eigenvalue weighted by Gasteiger charge is -2.16. The number of hydrogen-bond acceptors (Lipinski definition) is 4. The summed E-state index contributed by atoms with van der Waals surface area (Å²) in [5.41, 5.74) is 1.08. The van der Waals surface area contributed by atoms with Gasteiger partial charge in [-0.1, -0.05) is 48.0 Å². The molecule has 0 aromatic heterocycles. The fourth-order valence-electron chi connectivity index (χ4n) is 3.45. The first-order valence-electron chi connectivity index (χ1n) is 9.60. The first kappa shape index (κ1) is 21.5. The van der Waals surface area contributed by atoms with Crippen LogP contribution < -0.4 is 10.1 Å². The number of carbonyl (C=O) groups excluding carboxylic acids is 2. The molecular formula is C24H17ClF2N2O3. The Balaban J connectivity index is 1.80. The molecule has 1 aliphatic rings. The standard InChI is InChI=1S/C24H17ClF2N2O3/c1-32-20-9-5-3-7-16(20)21-22(28-15-10-11-18(26)19(27)12-15)24(31)29(23(21)30)13-14-6-2-4-8-17(14)25/h2-12,28H,13H2,1H3. The molecule has 162 valence electrons. The van der Waals surface area contributed by atoms with Gasteiger partial charge in [0.05, 0.1) is 19.2 Å². The third-order valence-corrected chi connectivity index (χ3v) is 5.39. The molecule has 0 fully saturated rings. The van der Waals surface area contributed by atoms with E-state index in [0.717, 1.165) is 17.0 Å². The fourth-order valence-corrected chi connectivity index (χ4v) is 3.65. The van der Waals surface area contributed by atoms with Gasteiger partial charge in [-0.05, 0) is 29.8 Å². The molecule has 8 heteroatoms. The van der Waals surface area contributed by atoms with Crippen LogP contribution in [0.4, 0.5) is 14.5 Å². The monoisotopic (exact) mass is 454 g/mol. The number of nitrogens with zero attached hydrogens (tertiary/aromatic N) is 1. The number of para-hydroxylation sites is 1. The Labute approximate surface area is 187 Å². The molecule has 0 spiro atoms. The Morgan fingerprint density at radius 3 is 2.38 bits per heavy atom. The lowest BCUT2D eigenvalue weighted by atomic mass is 10.0. The van der Waals surface area contributed by atoms with Crippen molar-refractivity contribution >= 4 is 34.7 Å². The highest BCUT2D eigenvalue weighted by atomic mass is 35.5. The summed E-state index contributed by atoms with van der Waals surface area (Å²) in [5.74, 6) is -2.92. The lowest BCUT2D eigenvalue weighted by molar-refractivity contribution is -0.137. The second-order valence-corrected chi connectivity index (χ2v) is 7.40. The van der Waals surface area contributed by atoms with Crippen LogP contribution in [0.5, 0.6) is 5.75 Å². The summed E-state index contributed by atoms with van der Waals surface area (Å²) in [4.78, 5) is 27.7. The molecule has 1 N–H and O–H groups in total. The van der Waals surface area contributed by atoms with E-state index in [2.05, 4.69) is 5.32 Å². The minimum Gasteiger partial charge on any atom is -0.496 e. The molecule has 1 heterocycles. The quantitative estimate of drug-likeness (QED) is 0.531. The number of amides is 2. The van der Waals surface area contributed by atoms with Crippen LogP contribution in [0.15, 0.2) is 72.4 Å². The van der Waals surface area contributed by atoms with Crippen LogP contribution in [-0.2, 0) is 16.1 Å². The normalized spacial score (nSPS) is 13.7. The summed E-state index contributed by atoms with van der Waals surface area (Å²) >= 11 is 6.22. The van der Waals surface area contributed by atoms with Crippen LogP contribution in [0.2, 0.25) is 5.02 Å². The first-order valence-corrected chi connectivity index (χ1v) is 9.98. The molecule has 3 aromatic carbocycles. The van der Waals surface area contributed by atoms with Gasteiger partial charge < -0.3 is 10.1 Å². The average Bonchev–Trinajstić information content (AvgIpc) is 3.01. The molecule has 0 unspecified atom stereocenters. The van der Waals surface area contributed by atoms with Crippen molar-refractivity contribution in [2.24, 2.45) is 0 Å². The zero-order valence-corrected chi connectivity index (χ0v) is 17.6. The van der Waals surface area contributed by atoms with Crippen molar-refractivity contribution in [1.29, 1.82) is 0 Å². The molecule has 32 heavy (non-hydrogen) atoms. The van der Waals surface area contributed by atoms with Crippen molar-refractivity contribution in [3.63, 3.8) is 0 Å². The topological polar surface area (TPSA) is 58.6 Å². The van der Waals surface area contributed by atoms with Gasteiger partial charge in [-0.2, -0.15) is 0 Å². The van der Waals surface area contributed by atoms with Crippen molar-refractivity contribution in [1.82, 2.24) is 4.90 Å². The predicted molar refractivity (Wildman–Crippen MR) is 117 cm³/mol. The second kappa shape index (κ2) is 8.80. The van der Waals surface area contributed by atoms with Gasteiger partial charge in [0.25, 0.3) is 11.8 Å². The van der Waals surface area contributed by atoms with Gasteiger partial charge in [-0.15, -0.1) is 0 Å². The zero-order chi connectivity index (χ0) is 22.8. The number of imide groups is 1. The van der Waals surface area contributed by atoms with Gasteiger partial charge >= 0.3 is 0 Å². The number of methoxy groups -OCH3 is 1. The number of carbonyl (C=O) groups is 2. The third-order valence-electron chi connectivity index (χ3n) is 5.02. The van der Waals surface area contributed by atoms with Crippen molar-refractivity contribution in [3.8, 4) is 5.75 Å². The van der Waals surface area contributed by atoms with Crippen LogP contribution in [0.25, 0.3) is 5.57 Å². The average molecular weight is 455 g/mol. The minimum absolute atomic E-state index is 0.0566. The molecule has 0 radical (unpaired) electrons. The van der Waals surface area contributed by atoms with E-state index in [1.165, 1.54) is 13.2 Å². The maximum atomic E-state index is 13.7. The number of halogens is 3. The molecular weight excluding hydrogens is 438 g/mol. The number of ether oxygens (including phenoxy) is 1. The van der Waals surface area contributed by atoms with Crippen LogP contribution >= 0.6 is 11.6 Å². The molecule has 3 aromatic rings. The van der Waals surface area contributed by atoms with E-state index in [4.69, 9.17) is 16.3 Å². The Kier molecular flexibility index (Phi) is 5.92. The molecule has 2 amide bonds. The molecule has 4 rings (SSSR count). The van der Waals surface area contributed by atoms with E-state index in [9.17, 15) is 18.4 Å². The van der Waals surface area contributed by atoms with Gasteiger partial charge in [0.1, 0.15) is 11.4 Å². The van der Waals surface area contributed by atoms with Crippen molar-refractivity contribution < 1.29 is 23.1 Å². The molecule has 0 aliphatic carbocycles. The summed E-state index contributed by atoms with van der Waals surface area (Å²) in [6, 6.07) is 16.7. The number of benzene rings is 3. The highest BCUT2D eigenvalue weighted by Crippen LogP contribution is 2.36. The molecule has 1 aliphatic heterocycles. The van der Waals surface area contributed by atoms with Crippen molar-refractivity contribution in [2.75, 3.05) is 12.4 Å². The van der Waals surface area contributed by atoms with Crippen LogP contribution in [0.1, 0.15) is 11.1 Å². The number of hydrogen-bond donors (Lipinski definition) is 1. The van der Waals surface area contributed by atoms with Gasteiger partial charge in [-0.3, -0.25) is 14.5 Å². The van der Waals surface area contributed by atoms with E-state index in [0.29, 0.717) is 21.9 Å². The smallest absolute Gasteiger partial charge is 0.278 e. The van der Waals surface area contributed by atoms with Crippen molar-refractivity contribution in [3.05, 3.63) is 100 Å². The van der Waals surface area contributed by atoms with E-state index in [1.54, 1.807) is 48.5 Å². The van der Waals surface area contributed by atoms with Gasteiger partial charge in [0.15, 0.2) is 11.6 Å². The SMILES string of the molecule is COc1ccccc1C1=C(Nc2ccc(F)c(F)c2)C(=O)N(Cc2ccccc2Cl)C1=O. The molecule has 0 saturated heterocycles. The summed E-state index contributed by atoms with van der Waals surface area (Å²) < 4.78 is 32.5. The van der Waals surface area contributed by atoms with Gasteiger partial charge in [0, 0.05) is 22.3 Å². The molecule has 5 nitrogen and oxygen atoms in total. The third kappa shape index (κ3) is 3.94. The highest BCUT2D eigenvalue weighted by Gasteiger charge is 2.40. The molecule has 0 saturated carbocycles. The largest absolute Gasteiger partial charge is 0.496 e. The highest BCUT2D eigenvalue weighted by molar-refractivity contribution is 6.37. The molecule has 0 atom stereocenters. The minimum atomic E-state index is -1.08. The van der Waals surface area contributed by atoms with Gasteiger partial charge in [-0.25, -0.2) is 8.78 Å². The van der Waals surface area contributed by atoms with Crippen LogP contribution in [0, 0.1) is 11.6 Å². The zero-order valence-electron chi connectivity index (χ0n) is 16.9. The Morgan fingerprint density at radius 2 is 1.66 bits per heavy atom. The van der Waals surface area contributed by atoms with E-state index in [-0.39, 0.29) is 23.5 Å². The summed E-state index contributed by atoms with van der Waals surface area (Å²) in [6.07, 6.45) is 0. The number of nitrogens with one attached hydrogen (secondary N) is 1. The maximum absolute atomic E-state index is 13.7. The van der Waals surface area contributed by atoms with Crippen LogP contribution in [0.3, 0.4) is 0 Å². The number of anilines is 1. The Hall–Kier alpha value is -3.71. The summed E-state index contributed by atoms with van der Waals surface area (Å²) in [6.45, 7) is -0.0566. The first-order chi connectivity index (χ1) is 15.4. The molecule has 0 bridgehead atoms. The summed E-state index contributed by atoms with van der Waals surface area (Å²) in [7, 11) is 1.45. The fraction of sp³-hybridized carbons (Fsp3) is 0.0833. The van der Waals surface area contributed by atoms with Crippen molar-refractivity contribution in [2.45, 2.75) is 6.54 Å². The Bertz CT molecular complexity index is 1260. The maximum Gasteiger partial charge on any atom is 0.278 e. The Morgan fingerprint density at radius 1 is 0.938 bits per heavy atom. The predicted octanol–water partition coefficient (Wildman–Crippen LogP) is 5.02. The van der Waals surface area contributed by atoms with E-state index >= 15 is 0 Å². The second-order valence-electron chi connectivity index (χ2n) is 6.99. The van der Waals surface area contributed by atoms with Crippen LogP contribution in [-0.4, -0.2) is 23.8 Å². The lowest BCUT2D eigenvalue weighted by Crippen LogP contribution is -2.32. The van der Waals surface area contributed by atoms with Gasteiger partial charge in [0.2, 0.25) is 0 Å². The van der Waals surface area contributed by atoms with E-state index in [1.807, 2.05) is 0 Å². The number of rotatable bonds is 6. The summed E-state index contributed by atoms with van der Waals surface area (Å²) in [5, 5.41) is 3.20. The van der Waals surface area contributed by atoms with E-state index < -0.39 is 23.4 Å².